The Hall–Kier alpha value is -1.13. The van der Waals surface area contributed by atoms with E-state index < -0.39 is 0 Å². The van der Waals surface area contributed by atoms with Gasteiger partial charge >= 0.3 is 0 Å². The lowest BCUT2D eigenvalue weighted by atomic mass is 10.0. The van der Waals surface area contributed by atoms with Crippen molar-refractivity contribution in [3.63, 3.8) is 0 Å². The highest BCUT2D eigenvalue weighted by molar-refractivity contribution is 5.55. The number of nitrogens with one attached hydrogen (secondary N) is 1. The molecule has 1 fully saturated rings. The Balaban J connectivity index is 2.30. The van der Waals surface area contributed by atoms with Gasteiger partial charge in [0.15, 0.2) is 0 Å². The van der Waals surface area contributed by atoms with Crippen LogP contribution in [0.3, 0.4) is 0 Å². The normalized spacial score (nSPS) is 19.9. The van der Waals surface area contributed by atoms with E-state index in [1.165, 1.54) is 0 Å². The lowest BCUT2D eigenvalue weighted by Crippen LogP contribution is -2.48. The Morgan fingerprint density at radius 3 is 2.85 bits per heavy atom. The molecule has 1 aliphatic heterocycles. The zero-order valence-electron chi connectivity index (χ0n) is 12.9. The van der Waals surface area contributed by atoms with E-state index in [1.54, 1.807) is 12.1 Å². The molecule has 0 aliphatic carbocycles. The molecular weight excluding hydrogens is 255 g/mol. The molecule has 4 heteroatoms. The van der Waals surface area contributed by atoms with Gasteiger partial charge in [-0.05, 0) is 51.1 Å². The Labute approximate surface area is 121 Å². The molecule has 112 valence electrons. The first-order chi connectivity index (χ1) is 9.43. The largest absolute Gasteiger partial charge is 0.372 e. The number of rotatable bonds is 4. The third-order valence-electron chi connectivity index (χ3n) is 3.73. The highest BCUT2D eigenvalue weighted by Gasteiger charge is 2.29. The molecular formula is C16H25FN2O. The SMILES string of the molecule is CCNC(C)c1cc(F)ccc1N1CCOC(C)(C)C1. The van der Waals surface area contributed by atoms with Gasteiger partial charge in [0.25, 0.3) is 0 Å². The zero-order chi connectivity index (χ0) is 14.8. The molecule has 20 heavy (non-hydrogen) atoms. The van der Waals surface area contributed by atoms with Crippen molar-refractivity contribution in [2.75, 3.05) is 31.1 Å². The summed E-state index contributed by atoms with van der Waals surface area (Å²) in [7, 11) is 0. The average Bonchev–Trinajstić information content (AvgIpc) is 2.37. The quantitative estimate of drug-likeness (QED) is 0.917. The van der Waals surface area contributed by atoms with Crippen LogP contribution < -0.4 is 10.2 Å². The lowest BCUT2D eigenvalue weighted by Gasteiger charge is -2.40. The average molecular weight is 280 g/mol. The van der Waals surface area contributed by atoms with Crippen molar-refractivity contribution < 1.29 is 9.13 Å². The van der Waals surface area contributed by atoms with E-state index in [-0.39, 0.29) is 17.5 Å². The fraction of sp³-hybridized carbons (Fsp3) is 0.625. The Morgan fingerprint density at radius 1 is 1.45 bits per heavy atom. The number of hydrogen-bond acceptors (Lipinski definition) is 3. The fourth-order valence-corrected chi connectivity index (χ4v) is 2.80. The van der Waals surface area contributed by atoms with Crippen LogP contribution >= 0.6 is 0 Å². The van der Waals surface area contributed by atoms with Gasteiger partial charge in [0, 0.05) is 24.8 Å². The summed E-state index contributed by atoms with van der Waals surface area (Å²) >= 11 is 0. The first-order valence-corrected chi connectivity index (χ1v) is 7.34. The maximum atomic E-state index is 13.6. The third kappa shape index (κ3) is 3.49. The monoisotopic (exact) mass is 280 g/mol. The number of anilines is 1. The number of ether oxygens (including phenoxy) is 1. The Bertz CT molecular complexity index is 462. The molecule has 1 N–H and O–H groups in total. The lowest BCUT2D eigenvalue weighted by molar-refractivity contribution is -0.0277. The fourth-order valence-electron chi connectivity index (χ4n) is 2.80. The van der Waals surface area contributed by atoms with Crippen LogP contribution in [0.2, 0.25) is 0 Å². The molecule has 1 unspecified atom stereocenters. The molecule has 1 aliphatic rings. The highest BCUT2D eigenvalue weighted by atomic mass is 19.1. The van der Waals surface area contributed by atoms with Crippen LogP contribution in [-0.2, 0) is 4.74 Å². The molecule has 0 radical (unpaired) electrons. The van der Waals surface area contributed by atoms with E-state index in [1.807, 2.05) is 6.07 Å². The first-order valence-electron chi connectivity index (χ1n) is 7.34. The van der Waals surface area contributed by atoms with E-state index in [4.69, 9.17) is 4.74 Å². The summed E-state index contributed by atoms with van der Waals surface area (Å²) in [6.07, 6.45) is 0. The van der Waals surface area contributed by atoms with Gasteiger partial charge in [-0.25, -0.2) is 4.39 Å². The minimum absolute atomic E-state index is 0.136. The smallest absolute Gasteiger partial charge is 0.123 e. The molecule has 0 spiro atoms. The first kappa shape index (κ1) is 15.3. The Morgan fingerprint density at radius 2 is 2.20 bits per heavy atom. The van der Waals surface area contributed by atoms with Gasteiger partial charge in [-0.1, -0.05) is 6.92 Å². The van der Waals surface area contributed by atoms with Crippen LogP contribution in [0.1, 0.15) is 39.3 Å². The second-order valence-electron chi connectivity index (χ2n) is 6.01. The topological polar surface area (TPSA) is 24.5 Å². The van der Waals surface area contributed by atoms with Crippen LogP contribution in [0.25, 0.3) is 0 Å². The minimum atomic E-state index is -0.180. The molecule has 3 nitrogen and oxygen atoms in total. The molecule has 0 amide bonds. The molecule has 0 saturated carbocycles. The van der Waals surface area contributed by atoms with Gasteiger partial charge in [-0.2, -0.15) is 0 Å². The predicted molar refractivity (Wildman–Crippen MR) is 80.7 cm³/mol. The summed E-state index contributed by atoms with van der Waals surface area (Å²) in [5.74, 6) is -0.180. The molecule has 1 saturated heterocycles. The summed E-state index contributed by atoms with van der Waals surface area (Å²) in [4.78, 5) is 2.30. The molecule has 2 rings (SSSR count). The van der Waals surface area contributed by atoms with Crippen molar-refractivity contribution in [2.24, 2.45) is 0 Å². The summed E-state index contributed by atoms with van der Waals surface area (Å²) in [5.41, 5.74) is 1.96. The van der Waals surface area contributed by atoms with Crippen LogP contribution in [0.5, 0.6) is 0 Å². The third-order valence-corrected chi connectivity index (χ3v) is 3.73. The van der Waals surface area contributed by atoms with Gasteiger partial charge in [-0.15, -0.1) is 0 Å². The predicted octanol–water partition coefficient (Wildman–Crippen LogP) is 3.11. The van der Waals surface area contributed by atoms with E-state index >= 15 is 0 Å². The summed E-state index contributed by atoms with van der Waals surface area (Å²) < 4.78 is 19.4. The van der Waals surface area contributed by atoms with E-state index in [0.29, 0.717) is 6.61 Å². The zero-order valence-corrected chi connectivity index (χ0v) is 12.9. The van der Waals surface area contributed by atoms with Gasteiger partial charge in [-0.3, -0.25) is 0 Å². The van der Waals surface area contributed by atoms with Crippen molar-refractivity contribution in [3.8, 4) is 0 Å². The molecule has 1 heterocycles. The van der Waals surface area contributed by atoms with Crippen molar-refractivity contribution >= 4 is 5.69 Å². The number of hydrogen-bond donors (Lipinski definition) is 1. The van der Waals surface area contributed by atoms with Gasteiger partial charge in [0.1, 0.15) is 5.82 Å². The summed E-state index contributed by atoms with van der Waals surface area (Å²) in [6, 6.07) is 5.21. The summed E-state index contributed by atoms with van der Waals surface area (Å²) in [5, 5.41) is 3.36. The maximum Gasteiger partial charge on any atom is 0.123 e. The Kier molecular flexibility index (Phi) is 4.66. The maximum absolute atomic E-state index is 13.6. The van der Waals surface area contributed by atoms with Crippen molar-refractivity contribution in [2.45, 2.75) is 39.3 Å². The molecule has 0 aromatic heterocycles. The second kappa shape index (κ2) is 6.10. The van der Waals surface area contributed by atoms with Crippen LogP contribution in [-0.4, -0.2) is 31.8 Å². The van der Waals surface area contributed by atoms with Crippen molar-refractivity contribution in [3.05, 3.63) is 29.6 Å². The van der Waals surface area contributed by atoms with Crippen LogP contribution in [0.4, 0.5) is 10.1 Å². The molecule has 1 atom stereocenters. The number of morpholine rings is 1. The standard InChI is InChI=1S/C16H25FN2O/c1-5-18-12(2)14-10-13(17)6-7-15(14)19-8-9-20-16(3,4)11-19/h6-7,10,12,18H,5,8-9,11H2,1-4H3. The van der Waals surface area contributed by atoms with Crippen molar-refractivity contribution in [1.29, 1.82) is 0 Å². The van der Waals surface area contributed by atoms with E-state index in [2.05, 4.69) is 37.9 Å². The second-order valence-corrected chi connectivity index (χ2v) is 6.01. The van der Waals surface area contributed by atoms with Crippen molar-refractivity contribution in [1.82, 2.24) is 5.32 Å². The van der Waals surface area contributed by atoms with Crippen LogP contribution in [0, 0.1) is 5.82 Å². The van der Waals surface area contributed by atoms with Gasteiger partial charge in [0.2, 0.25) is 0 Å². The number of nitrogens with zero attached hydrogens (tertiary/aromatic N) is 1. The van der Waals surface area contributed by atoms with Gasteiger partial charge < -0.3 is 15.0 Å². The summed E-state index contributed by atoms with van der Waals surface area (Å²) in [6.45, 7) is 11.6. The molecule has 1 aromatic carbocycles. The number of benzene rings is 1. The molecule has 1 aromatic rings. The highest BCUT2D eigenvalue weighted by Crippen LogP contribution is 2.30. The van der Waals surface area contributed by atoms with E-state index in [9.17, 15) is 4.39 Å². The minimum Gasteiger partial charge on any atom is -0.372 e. The molecule has 0 bridgehead atoms. The number of halogens is 1. The van der Waals surface area contributed by atoms with Crippen LogP contribution in [0.15, 0.2) is 18.2 Å². The van der Waals surface area contributed by atoms with Gasteiger partial charge in [0.05, 0.1) is 12.2 Å². The van der Waals surface area contributed by atoms with E-state index in [0.717, 1.165) is 30.9 Å².